The Balaban J connectivity index is 2.04. The summed E-state index contributed by atoms with van der Waals surface area (Å²) in [6.45, 7) is 6.42. The molecule has 100 valence electrons. The zero-order chi connectivity index (χ0) is 13.1. The molecular weight excluding hydrogens is 292 g/mol. The van der Waals surface area contributed by atoms with Crippen LogP contribution in [0.4, 0.5) is 11.8 Å². The Morgan fingerprint density at radius 2 is 2.28 bits per heavy atom. The first-order valence-corrected chi connectivity index (χ1v) is 7.38. The van der Waals surface area contributed by atoms with Crippen LogP contribution < -0.4 is 10.2 Å². The number of aromatic nitrogens is 2. The van der Waals surface area contributed by atoms with E-state index in [9.17, 15) is 0 Å². The fraction of sp³-hybridized carbons (Fsp3) is 0.692. The summed E-state index contributed by atoms with van der Waals surface area (Å²) in [5.41, 5.74) is 0. The smallest absolute Gasteiger partial charge is 0.224 e. The van der Waals surface area contributed by atoms with E-state index in [2.05, 4.69) is 57.0 Å². The molecule has 0 radical (unpaired) electrons. The lowest BCUT2D eigenvalue weighted by Gasteiger charge is -2.20. The van der Waals surface area contributed by atoms with Crippen molar-refractivity contribution in [2.75, 3.05) is 30.4 Å². The minimum Gasteiger partial charge on any atom is -0.358 e. The molecule has 2 rings (SSSR count). The number of rotatable bonds is 6. The van der Waals surface area contributed by atoms with Crippen LogP contribution >= 0.6 is 15.9 Å². The van der Waals surface area contributed by atoms with E-state index in [1.165, 1.54) is 6.42 Å². The van der Waals surface area contributed by atoms with Gasteiger partial charge in [-0.1, -0.05) is 13.8 Å². The maximum Gasteiger partial charge on any atom is 0.224 e. The average molecular weight is 313 g/mol. The number of hydrogen-bond donors (Lipinski definition) is 1. The third kappa shape index (κ3) is 3.34. The monoisotopic (exact) mass is 312 g/mol. The predicted molar refractivity (Wildman–Crippen MR) is 79.1 cm³/mol. The number of nitrogens with one attached hydrogen (secondary N) is 1. The first-order valence-electron chi connectivity index (χ1n) is 6.59. The molecule has 0 spiro atoms. The van der Waals surface area contributed by atoms with E-state index < -0.39 is 0 Å². The maximum atomic E-state index is 4.57. The number of hydrogen-bond acceptors (Lipinski definition) is 4. The molecule has 1 fully saturated rings. The Morgan fingerprint density at radius 1 is 1.56 bits per heavy atom. The summed E-state index contributed by atoms with van der Waals surface area (Å²) >= 11 is 3.53. The summed E-state index contributed by atoms with van der Waals surface area (Å²) in [5, 5.41) is 3.22. The van der Waals surface area contributed by atoms with Gasteiger partial charge >= 0.3 is 0 Å². The van der Waals surface area contributed by atoms with Gasteiger partial charge in [-0.2, -0.15) is 4.98 Å². The Bertz CT molecular complexity index is 410. The minimum absolute atomic E-state index is 0.714. The molecule has 0 amide bonds. The normalized spacial score (nSPS) is 21.8. The summed E-state index contributed by atoms with van der Waals surface area (Å²) in [4.78, 5) is 11.1. The molecule has 4 nitrogen and oxygen atoms in total. The van der Waals surface area contributed by atoms with Gasteiger partial charge < -0.3 is 10.2 Å². The van der Waals surface area contributed by atoms with Gasteiger partial charge in [0, 0.05) is 26.3 Å². The fourth-order valence-electron chi connectivity index (χ4n) is 2.04. The second kappa shape index (κ2) is 5.87. The van der Waals surface area contributed by atoms with Crippen LogP contribution in [0.15, 0.2) is 10.7 Å². The molecular formula is C13H21BrN4. The molecule has 1 saturated carbocycles. The van der Waals surface area contributed by atoms with Crippen LogP contribution in [0.1, 0.15) is 26.7 Å². The molecule has 0 aromatic carbocycles. The van der Waals surface area contributed by atoms with Crippen LogP contribution in [-0.2, 0) is 0 Å². The van der Waals surface area contributed by atoms with E-state index in [4.69, 9.17) is 0 Å². The quantitative estimate of drug-likeness (QED) is 0.876. The Morgan fingerprint density at radius 3 is 2.89 bits per heavy atom. The van der Waals surface area contributed by atoms with Gasteiger partial charge in [-0.05, 0) is 40.6 Å². The predicted octanol–water partition coefficient (Wildman–Crippen LogP) is 3.15. The van der Waals surface area contributed by atoms with E-state index in [0.717, 1.165) is 41.6 Å². The first kappa shape index (κ1) is 13.6. The van der Waals surface area contributed by atoms with Crippen molar-refractivity contribution in [3.63, 3.8) is 0 Å². The summed E-state index contributed by atoms with van der Waals surface area (Å²) in [5.74, 6) is 3.38. The molecule has 2 unspecified atom stereocenters. The number of nitrogens with zero attached hydrogens (tertiary/aromatic N) is 3. The van der Waals surface area contributed by atoms with E-state index >= 15 is 0 Å². The third-order valence-electron chi connectivity index (χ3n) is 3.40. The SMILES string of the molecule is CCCNc1ncc(Br)c(N(C)CC2CC2C)n1. The number of anilines is 2. The van der Waals surface area contributed by atoms with Crippen LogP contribution in [0.3, 0.4) is 0 Å². The van der Waals surface area contributed by atoms with Gasteiger partial charge in [-0.25, -0.2) is 4.98 Å². The van der Waals surface area contributed by atoms with Crippen molar-refractivity contribution in [2.45, 2.75) is 26.7 Å². The zero-order valence-corrected chi connectivity index (χ0v) is 12.9. The van der Waals surface area contributed by atoms with Crippen molar-refractivity contribution in [3.8, 4) is 0 Å². The highest BCUT2D eigenvalue weighted by Gasteiger charge is 2.33. The Hall–Kier alpha value is -0.840. The third-order valence-corrected chi connectivity index (χ3v) is 3.96. The van der Waals surface area contributed by atoms with Gasteiger partial charge in [-0.15, -0.1) is 0 Å². The van der Waals surface area contributed by atoms with Gasteiger partial charge in [0.1, 0.15) is 5.82 Å². The molecule has 18 heavy (non-hydrogen) atoms. The summed E-state index contributed by atoms with van der Waals surface area (Å²) in [6, 6.07) is 0. The van der Waals surface area contributed by atoms with Crippen molar-refractivity contribution >= 4 is 27.7 Å². The van der Waals surface area contributed by atoms with E-state index in [0.29, 0.717) is 5.95 Å². The van der Waals surface area contributed by atoms with Crippen LogP contribution in [0.25, 0.3) is 0 Å². The second-order valence-corrected chi connectivity index (χ2v) is 6.00. The topological polar surface area (TPSA) is 41.1 Å². The van der Waals surface area contributed by atoms with Crippen molar-refractivity contribution in [1.29, 1.82) is 0 Å². The summed E-state index contributed by atoms with van der Waals surface area (Å²) in [7, 11) is 2.10. The summed E-state index contributed by atoms with van der Waals surface area (Å²) in [6.07, 6.45) is 4.24. The molecule has 2 atom stereocenters. The van der Waals surface area contributed by atoms with Gasteiger partial charge in [0.05, 0.1) is 4.47 Å². The molecule has 1 N–H and O–H groups in total. The standard InChI is InChI=1S/C13H21BrN4/c1-4-5-15-13-16-7-11(14)12(17-13)18(3)8-10-6-9(10)2/h7,9-10H,4-6,8H2,1-3H3,(H,15,16,17). The molecule has 0 aliphatic heterocycles. The van der Waals surface area contributed by atoms with Crippen molar-refractivity contribution < 1.29 is 0 Å². The Labute approximate surface area is 117 Å². The maximum absolute atomic E-state index is 4.57. The van der Waals surface area contributed by atoms with Gasteiger partial charge in [-0.3, -0.25) is 0 Å². The van der Waals surface area contributed by atoms with Crippen LogP contribution in [0, 0.1) is 11.8 Å². The highest BCUT2D eigenvalue weighted by atomic mass is 79.9. The first-order chi connectivity index (χ1) is 8.61. The van der Waals surface area contributed by atoms with Crippen LogP contribution in [0.2, 0.25) is 0 Å². The average Bonchev–Trinajstić information content (AvgIpc) is 3.03. The molecule has 1 heterocycles. The van der Waals surface area contributed by atoms with E-state index in [1.807, 2.05) is 6.20 Å². The van der Waals surface area contributed by atoms with Gasteiger partial charge in [0.15, 0.2) is 0 Å². The van der Waals surface area contributed by atoms with Gasteiger partial charge in [0.25, 0.3) is 0 Å². The lowest BCUT2D eigenvalue weighted by atomic mass is 10.3. The molecule has 0 saturated heterocycles. The summed E-state index contributed by atoms with van der Waals surface area (Å²) < 4.78 is 0.959. The molecule has 1 aromatic heterocycles. The highest BCUT2D eigenvalue weighted by Crippen LogP contribution is 2.39. The molecule has 0 bridgehead atoms. The number of halogens is 1. The molecule has 1 aliphatic rings. The fourth-order valence-corrected chi connectivity index (χ4v) is 2.53. The lowest BCUT2D eigenvalue weighted by molar-refractivity contribution is 0.717. The van der Waals surface area contributed by atoms with Crippen molar-refractivity contribution in [1.82, 2.24) is 9.97 Å². The van der Waals surface area contributed by atoms with E-state index in [1.54, 1.807) is 0 Å². The van der Waals surface area contributed by atoms with Crippen molar-refractivity contribution in [2.24, 2.45) is 11.8 Å². The molecule has 1 aliphatic carbocycles. The van der Waals surface area contributed by atoms with Crippen molar-refractivity contribution in [3.05, 3.63) is 10.7 Å². The highest BCUT2D eigenvalue weighted by molar-refractivity contribution is 9.10. The molecule has 1 aromatic rings. The Kier molecular flexibility index (Phi) is 4.43. The minimum atomic E-state index is 0.714. The van der Waals surface area contributed by atoms with Crippen LogP contribution in [0.5, 0.6) is 0 Å². The van der Waals surface area contributed by atoms with E-state index in [-0.39, 0.29) is 0 Å². The second-order valence-electron chi connectivity index (χ2n) is 5.15. The lowest BCUT2D eigenvalue weighted by Crippen LogP contribution is -2.22. The van der Waals surface area contributed by atoms with Gasteiger partial charge in [0.2, 0.25) is 5.95 Å². The van der Waals surface area contributed by atoms with Crippen LogP contribution in [-0.4, -0.2) is 30.1 Å². The molecule has 5 heteroatoms. The largest absolute Gasteiger partial charge is 0.358 e. The zero-order valence-electron chi connectivity index (χ0n) is 11.3.